The first-order valence-electron chi connectivity index (χ1n) is 9.05. The summed E-state index contributed by atoms with van der Waals surface area (Å²) < 4.78 is 0. The molecule has 0 radical (unpaired) electrons. The van der Waals surface area contributed by atoms with Crippen molar-refractivity contribution in [3.8, 4) is 0 Å². The van der Waals surface area contributed by atoms with E-state index in [1.165, 1.54) is 4.90 Å². The Bertz CT molecular complexity index is 844. The predicted molar refractivity (Wildman–Crippen MR) is 96.2 cm³/mol. The first-order valence-corrected chi connectivity index (χ1v) is 9.43. The smallest absolute Gasteiger partial charge is 0.244 e. The molecule has 26 heavy (non-hydrogen) atoms. The van der Waals surface area contributed by atoms with E-state index in [0.29, 0.717) is 22.5 Å². The van der Waals surface area contributed by atoms with Gasteiger partial charge < -0.3 is 5.32 Å². The van der Waals surface area contributed by atoms with Crippen molar-refractivity contribution >= 4 is 35.0 Å². The molecule has 1 aromatic carbocycles. The first kappa shape index (κ1) is 16.1. The van der Waals surface area contributed by atoms with Crippen LogP contribution in [0.1, 0.15) is 12.0 Å². The van der Waals surface area contributed by atoms with E-state index in [1.54, 1.807) is 12.1 Å². The van der Waals surface area contributed by atoms with Crippen molar-refractivity contribution in [2.75, 3.05) is 11.9 Å². The molecular weight excluding hydrogens is 352 g/mol. The summed E-state index contributed by atoms with van der Waals surface area (Å²) in [6, 6.07) is 5.23. The van der Waals surface area contributed by atoms with Crippen LogP contribution in [-0.2, 0) is 14.4 Å². The van der Waals surface area contributed by atoms with Gasteiger partial charge in [0.1, 0.15) is 6.54 Å². The van der Waals surface area contributed by atoms with Crippen molar-refractivity contribution in [1.29, 1.82) is 0 Å². The predicted octanol–water partition coefficient (Wildman–Crippen LogP) is 2.64. The summed E-state index contributed by atoms with van der Waals surface area (Å²) in [4.78, 5) is 39.4. The van der Waals surface area contributed by atoms with Gasteiger partial charge in [-0.2, -0.15) is 0 Å². The molecule has 0 spiro atoms. The highest BCUT2D eigenvalue weighted by Crippen LogP contribution is 2.65. The van der Waals surface area contributed by atoms with Gasteiger partial charge in [-0.25, -0.2) is 0 Å². The number of halogens is 1. The van der Waals surface area contributed by atoms with Crippen molar-refractivity contribution in [2.45, 2.75) is 13.3 Å². The number of anilines is 1. The number of amides is 3. The van der Waals surface area contributed by atoms with Crippen molar-refractivity contribution in [3.05, 3.63) is 40.9 Å². The van der Waals surface area contributed by atoms with Crippen molar-refractivity contribution < 1.29 is 14.4 Å². The van der Waals surface area contributed by atoms with Crippen molar-refractivity contribution in [1.82, 2.24) is 4.90 Å². The van der Waals surface area contributed by atoms with Crippen LogP contribution in [0.5, 0.6) is 0 Å². The summed E-state index contributed by atoms with van der Waals surface area (Å²) >= 11 is 5.98. The Kier molecular flexibility index (Phi) is 3.35. The molecule has 4 aliphatic carbocycles. The lowest BCUT2D eigenvalue weighted by molar-refractivity contribution is -0.142. The molecule has 1 aliphatic heterocycles. The molecule has 0 aromatic heterocycles. The molecule has 1 N–H and O–H groups in total. The van der Waals surface area contributed by atoms with Crippen LogP contribution in [0.2, 0.25) is 5.02 Å². The summed E-state index contributed by atoms with van der Waals surface area (Å²) in [5, 5.41) is 3.29. The lowest BCUT2D eigenvalue weighted by Crippen LogP contribution is -2.40. The van der Waals surface area contributed by atoms with Crippen LogP contribution in [0.15, 0.2) is 30.4 Å². The number of imide groups is 1. The zero-order chi connectivity index (χ0) is 18.2. The van der Waals surface area contributed by atoms with Gasteiger partial charge in [-0.1, -0.05) is 29.8 Å². The SMILES string of the molecule is Cc1ccc(Cl)cc1NC(=O)CN1C(=O)[C@@H]2[C@H]3C=C[C@@H]([C@@H]4C[C@H]34)[C@H]2C1=O. The zero-order valence-corrected chi connectivity index (χ0v) is 15.1. The van der Waals surface area contributed by atoms with Crippen LogP contribution in [0.4, 0.5) is 5.69 Å². The molecule has 5 nitrogen and oxygen atoms in total. The minimum atomic E-state index is -0.374. The zero-order valence-electron chi connectivity index (χ0n) is 14.3. The summed E-state index contributed by atoms with van der Waals surface area (Å²) in [5.41, 5.74) is 1.47. The maximum absolute atomic E-state index is 12.9. The third-order valence-corrected chi connectivity index (χ3v) is 6.76. The van der Waals surface area contributed by atoms with Crippen LogP contribution in [0.25, 0.3) is 0 Å². The Morgan fingerprint density at radius 1 is 1.15 bits per heavy atom. The van der Waals surface area contributed by atoms with Gasteiger partial charge in [-0.05, 0) is 54.7 Å². The molecule has 6 heteroatoms. The molecule has 1 aromatic rings. The number of nitrogens with zero attached hydrogens (tertiary/aromatic N) is 1. The number of carbonyl (C=O) groups is 3. The average molecular weight is 371 g/mol. The molecule has 1 heterocycles. The molecule has 3 amide bonds. The van der Waals surface area contributed by atoms with Crippen molar-refractivity contribution in [2.24, 2.45) is 35.5 Å². The highest BCUT2D eigenvalue weighted by atomic mass is 35.5. The van der Waals surface area contributed by atoms with Gasteiger partial charge in [0.05, 0.1) is 11.8 Å². The van der Waals surface area contributed by atoms with Gasteiger partial charge >= 0.3 is 0 Å². The maximum Gasteiger partial charge on any atom is 0.244 e. The summed E-state index contributed by atoms with van der Waals surface area (Å²) in [6.07, 6.45) is 5.39. The van der Waals surface area contributed by atoms with E-state index in [-0.39, 0.29) is 47.9 Å². The Labute approximate surface area is 156 Å². The normalized spacial score (nSPS) is 36.2. The highest BCUT2D eigenvalue weighted by molar-refractivity contribution is 6.31. The van der Waals surface area contributed by atoms with Gasteiger partial charge in [0, 0.05) is 10.7 Å². The summed E-state index contributed by atoms with van der Waals surface area (Å²) in [6.45, 7) is 1.63. The fourth-order valence-electron chi connectivity index (χ4n) is 5.24. The lowest BCUT2D eigenvalue weighted by atomic mass is 9.63. The van der Waals surface area contributed by atoms with E-state index >= 15 is 0 Å². The van der Waals surface area contributed by atoms with Crippen molar-refractivity contribution in [3.63, 3.8) is 0 Å². The van der Waals surface area contributed by atoms with E-state index in [9.17, 15) is 14.4 Å². The van der Waals surface area contributed by atoms with Crippen LogP contribution in [0.3, 0.4) is 0 Å². The fraction of sp³-hybridized carbons (Fsp3) is 0.450. The molecule has 134 valence electrons. The topological polar surface area (TPSA) is 66.5 Å². The van der Waals surface area contributed by atoms with Gasteiger partial charge in [0.2, 0.25) is 17.7 Å². The minimum absolute atomic E-state index is 0.176. The largest absolute Gasteiger partial charge is 0.324 e. The molecule has 6 atom stereocenters. The second kappa shape index (κ2) is 5.43. The molecule has 3 fully saturated rings. The first-order chi connectivity index (χ1) is 12.5. The van der Waals surface area contributed by atoms with Gasteiger partial charge in [0.25, 0.3) is 0 Å². The number of carbonyl (C=O) groups excluding carboxylic acids is 3. The number of likely N-dealkylation sites (tertiary alicyclic amines) is 1. The molecule has 2 saturated carbocycles. The van der Waals surface area contributed by atoms with Crippen LogP contribution >= 0.6 is 11.6 Å². The highest BCUT2D eigenvalue weighted by Gasteiger charge is 2.67. The number of hydrogen-bond acceptors (Lipinski definition) is 3. The summed E-state index contributed by atoms with van der Waals surface area (Å²) in [5.74, 6) is 0.219. The maximum atomic E-state index is 12.9. The minimum Gasteiger partial charge on any atom is -0.324 e. The number of allylic oxidation sites excluding steroid dienone is 2. The van der Waals surface area contributed by atoms with Crippen LogP contribution in [0, 0.1) is 42.4 Å². The molecule has 0 unspecified atom stereocenters. The molecule has 6 rings (SSSR count). The van der Waals surface area contributed by atoms with E-state index in [0.717, 1.165) is 12.0 Å². The van der Waals surface area contributed by atoms with Crippen LogP contribution < -0.4 is 5.32 Å². The molecule has 1 saturated heterocycles. The Hall–Kier alpha value is -2.14. The van der Waals surface area contributed by atoms with E-state index in [2.05, 4.69) is 17.5 Å². The van der Waals surface area contributed by atoms with E-state index < -0.39 is 0 Å². The molecular formula is C20H19ClN2O3. The third-order valence-electron chi connectivity index (χ3n) is 6.53. The standard InChI is InChI=1S/C20H19ClN2O3/c1-9-2-3-10(21)6-15(9)22-16(24)8-23-19(25)17-11-4-5-12(14-7-13(11)14)18(17)20(23)26/h2-6,11-14,17-18H,7-8H2,1H3,(H,22,24)/t11-,12-,13-,14+,17+,18+/m0/s1. The number of aryl methyl sites for hydroxylation is 1. The Morgan fingerprint density at radius 3 is 2.38 bits per heavy atom. The Morgan fingerprint density at radius 2 is 1.77 bits per heavy atom. The van der Waals surface area contributed by atoms with Crippen LogP contribution in [-0.4, -0.2) is 29.2 Å². The number of nitrogens with one attached hydrogen (secondary N) is 1. The molecule has 5 aliphatic rings. The molecule has 2 bridgehead atoms. The van der Waals surface area contributed by atoms with Gasteiger partial charge in [-0.3, -0.25) is 19.3 Å². The number of rotatable bonds is 3. The second-order valence-electron chi connectivity index (χ2n) is 7.92. The quantitative estimate of drug-likeness (QED) is 0.657. The van der Waals surface area contributed by atoms with E-state index in [4.69, 9.17) is 11.6 Å². The number of benzene rings is 1. The van der Waals surface area contributed by atoms with Gasteiger partial charge in [-0.15, -0.1) is 0 Å². The third kappa shape index (κ3) is 2.19. The van der Waals surface area contributed by atoms with E-state index in [1.807, 2.05) is 13.0 Å². The average Bonchev–Trinajstić information content (AvgIpc) is 3.39. The second-order valence-corrected chi connectivity index (χ2v) is 8.36. The number of hydrogen-bond donors (Lipinski definition) is 1. The Balaban J connectivity index is 1.34. The fourth-order valence-corrected chi connectivity index (χ4v) is 5.41. The van der Waals surface area contributed by atoms with Gasteiger partial charge in [0.15, 0.2) is 0 Å². The lowest BCUT2D eigenvalue weighted by Gasteiger charge is -2.37. The summed E-state index contributed by atoms with van der Waals surface area (Å²) in [7, 11) is 0. The monoisotopic (exact) mass is 370 g/mol.